The fourth-order valence-electron chi connectivity index (χ4n) is 1.97. The average molecular weight is 325 g/mol. The summed E-state index contributed by atoms with van der Waals surface area (Å²) in [6.45, 7) is 2.26. The van der Waals surface area contributed by atoms with Gasteiger partial charge in [-0.25, -0.2) is 8.42 Å². The van der Waals surface area contributed by atoms with E-state index in [4.69, 9.17) is 17.3 Å². The maximum Gasteiger partial charge on any atom is 0.243 e. The molecule has 0 saturated heterocycles. The molecule has 2 rings (SSSR count). The molecule has 4 nitrogen and oxygen atoms in total. The van der Waals surface area contributed by atoms with Gasteiger partial charge in [0, 0.05) is 13.6 Å². The number of nitrogens with zero attached hydrogens (tertiary/aromatic N) is 1. The van der Waals surface area contributed by atoms with Crippen molar-refractivity contribution in [3.63, 3.8) is 0 Å². The molecule has 21 heavy (non-hydrogen) atoms. The number of aryl methyl sites for hydroxylation is 1. The zero-order valence-electron chi connectivity index (χ0n) is 11.9. The molecule has 0 bridgehead atoms. The van der Waals surface area contributed by atoms with Crippen molar-refractivity contribution in [3.05, 3.63) is 58.6 Å². The summed E-state index contributed by atoms with van der Waals surface area (Å²) in [5.74, 6) is 0. The molecule has 0 amide bonds. The largest absolute Gasteiger partial charge is 0.397 e. The Morgan fingerprint density at radius 2 is 1.86 bits per heavy atom. The van der Waals surface area contributed by atoms with Crippen LogP contribution in [0.4, 0.5) is 5.69 Å². The van der Waals surface area contributed by atoms with E-state index in [1.54, 1.807) is 7.05 Å². The summed E-state index contributed by atoms with van der Waals surface area (Å²) in [5.41, 5.74) is 7.95. The quantitative estimate of drug-likeness (QED) is 0.879. The first-order chi connectivity index (χ1) is 9.82. The lowest BCUT2D eigenvalue weighted by Gasteiger charge is -2.18. The van der Waals surface area contributed by atoms with Crippen LogP contribution in [-0.4, -0.2) is 19.8 Å². The molecular weight excluding hydrogens is 308 g/mol. The second-order valence-corrected chi connectivity index (χ2v) is 7.32. The van der Waals surface area contributed by atoms with Crippen LogP contribution in [0.5, 0.6) is 0 Å². The molecule has 0 aliphatic heterocycles. The molecule has 2 N–H and O–H groups in total. The molecule has 0 spiro atoms. The van der Waals surface area contributed by atoms with E-state index < -0.39 is 10.0 Å². The van der Waals surface area contributed by atoms with Crippen LogP contribution >= 0.6 is 11.6 Å². The van der Waals surface area contributed by atoms with Crippen molar-refractivity contribution < 1.29 is 8.42 Å². The first-order valence-corrected chi connectivity index (χ1v) is 8.20. The van der Waals surface area contributed by atoms with Crippen LogP contribution in [0.3, 0.4) is 0 Å². The lowest BCUT2D eigenvalue weighted by atomic mass is 10.1. The average Bonchev–Trinajstić information content (AvgIpc) is 2.44. The third-order valence-electron chi connectivity index (χ3n) is 3.33. The fourth-order valence-corrected chi connectivity index (χ4v) is 3.28. The normalized spacial score (nSPS) is 11.8. The molecule has 0 radical (unpaired) electrons. The smallest absolute Gasteiger partial charge is 0.243 e. The Morgan fingerprint density at radius 1 is 1.19 bits per heavy atom. The van der Waals surface area contributed by atoms with Crippen LogP contribution < -0.4 is 5.73 Å². The van der Waals surface area contributed by atoms with E-state index in [1.807, 2.05) is 31.2 Å². The van der Waals surface area contributed by atoms with Crippen molar-refractivity contribution in [2.75, 3.05) is 12.8 Å². The molecule has 0 aliphatic carbocycles. The summed E-state index contributed by atoms with van der Waals surface area (Å²) >= 11 is 5.83. The van der Waals surface area contributed by atoms with Crippen molar-refractivity contribution in [2.24, 2.45) is 0 Å². The van der Waals surface area contributed by atoms with Gasteiger partial charge in [0.1, 0.15) is 0 Å². The Bertz CT molecular complexity index is 760. The van der Waals surface area contributed by atoms with E-state index in [-0.39, 0.29) is 10.6 Å². The minimum atomic E-state index is -3.60. The van der Waals surface area contributed by atoms with Gasteiger partial charge in [0.05, 0.1) is 15.6 Å². The van der Waals surface area contributed by atoms with Gasteiger partial charge < -0.3 is 5.73 Å². The van der Waals surface area contributed by atoms with Crippen LogP contribution in [0.2, 0.25) is 5.02 Å². The minimum absolute atomic E-state index is 0.139. The van der Waals surface area contributed by atoms with Gasteiger partial charge in [-0.2, -0.15) is 4.31 Å². The van der Waals surface area contributed by atoms with Gasteiger partial charge >= 0.3 is 0 Å². The van der Waals surface area contributed by atoms with Crippen molar-refractivity contribution >= 4 is 27.3 Å². The molecule has 0 aliphatic rings. The molecular formula is C15H17ClN2O2S. The highest BCUT2D eigenvalue weighted by molar-refractivity contribution is 7.89. The standard InChI is InChI=1S/C15H17ClN2O2S/c1-11-5-3-4-6-12(11)10-18(2)21(19,20)13-7-8-14(16)15(17)9-13/h3-9H,10,17H2,1-2H3. The Balaban J connectivity index is 2.30. The second-order valence-electron chi connectivity index (χ2n) is 4.87. The van der Waals surface area contributed by atoms with E-state index in [1.165, 1.54) is 22.5 Å². The lowest BCUT2D eigenvalue weighted by Crippen LogP contribution is -2.26. The van der Waals surface area contributed by atoms with Gasteiger partial charge in [0.15, 0.2) is 0 Å². The van der Waals surface area contributed by atoms with E-state index in [2.05, 4.69) is 0 Å². The monoisotopic (exact) mass is 324 g/mol. The summed E-state index contributed by atoms with van der Waals surface area (Å²) in [5, 5.41) is 0.343. The minimum Gasteiger partial charge on any atom is -0.397 e. The molecule has 2 aromatic carbocycles. The van der Waals surface area contributed by atoms with Crippen LogP contribution in [0, 0.1) is 6.92 Å². The van der Waals surface area contributed by atoms with E-state index in [0.29, 0.717) is 11.6 Å². The summed E-state index contributed by atoms with van der Waals surface area (Å²) in [4.78, 5) is 0.139. The molecule has 0 unspecified atom stereocenters. The number of anilines is 1. The van der Waals surface area contributed by atoms with E-state index >= 15 is 0 Å². The highest BCUT2D eigenvalue weighted by Crippen LogP contribution is 2.25. The van der Waals surface area contributed by atoms with Gasteiger partial charge in [0.25, 0.3) is 0 Å². The first-order valence-electron chi connectivity index (χ1n) is 6.38. The number of hydrogen-bond acceptors (Lipinski definition) is 3. The molecule has 0 fully saturated rings. The number of nitrogens with two attached hydrogens (primary N) is 1. The van der Waals surface area contributed by atoms with Crippen molar-refractivity contribution in [2.45, 2.75) is 18.4 Å². The van der Waals surface area contributed by atoms with Gasteiger partial charge in [-0.15, -0.1) is 0 Å². The predicted molar refractivity (Wildman–Crippen MR) is 85.7 cm³/mol. The highest BCUT2D eigenvalue weighted by atomic mass is 35.5. The molecule has 0 saturated carbocycles. The zero-order valence-corrected chi connectivity index (χ0v) is 13.4. The maximum absolute atomic E-state index is 12.5. The summed E-state index contributed by atoms with van der Waals surface area (Å²) in [6.07, 6.45) is 0. The molecule has 0 heterocycles. The Kier molecular flexibility index (Phi) is 4.56. The third-order valence-corrected chi connectivity index (χ3v) is 5.47. The highest BCUT2D eigenvalue weighted by Gasteiger charge is 2.22. The topological polar surface area (TPSA) is 63.4 Å². The molecule has 0 atom stereocenters. The maximum atomic E-state index is 12.5. The van der Waals surface area contributed by atoms with Crippen LogP contribution in [-0.2, 0) is 16.6 Å². The fraction of sp³-hybridized carbons (Fsp3) is 0.200. The Morgan fingerprint density at radius 3 is 2.48 bits per heavy atom. The second kappa shape index (κ2) is 6.05. The van der Waals surface area contributed by atoms with E-state index in [9.17, 15) is 8.42 Å². The number of nitrogen functional groups attached to an aromatic ring is 1. The molecule has 0 aromatic heterocycles. The lowest BCUT2D eigenvalue weighted by molar-refractivity contribution is 0.466. The predicted octanol–water partition coefficient (Wildman–Crippen LogP) is 3.05. The molecule has 6 heteroatoms. The van der Waals surface area contributed by atoms with Crippen LogP contribution in [0.1, 0.15) is 11.1 Å². The SMILES string of the molecule is Cc1ccccc1CN(C)S(=O)(=O)c1ccc(Cl)c(N)c1. The number of hydrogen-bond donors (Lipinski definition) is 1. The van der Waals surface area contributed by atoms with Crippen LogP contribution in [0.25, 0.3) is 0 Å². The molecule has 112 valence electrons. The van der Waals surface area contributed by atoms with Crippen LogP contribution in [0.15, 0.2) is 47.4 Å². The molecule has 2 aromatic rings. The summed E-state index contributed by atoms with van der Waals surface area (Å²) in [6, 6.07) is 12.0. The number of benzene rings is 2. The van der Waals surface area contributed by atoms with Gasteiger partial charge in [0.2, 0.25) is 10.0 Å². The Hall–Kier alpha value is -1.56. The zero-order chi connectivity index (χ0) is 15.6. The summed E-state index contributed by atoms with van der Waals surface area (Å²) in [7, 11) is -2.05. The Labute approximate surface area is 130 Å². The van der Waals surface area contributed by atoms with Crippen molar-refractivity contribution in [3.8, 4) is 0 Å². The van der Waals surface area contributed by atoms with Gasteiger partial charge in [-0.3, -0.25) is 0 Å². The van der Waals surface area contributed by atoms with E-state index in [0.717, 1.165) is 11.1 Å². The number of halogens is 1. The van der Waals surface area contributed by atoms with Crippen molar-refractivity contribution in [1.29, 1.82) is 0 Å². The van der Waals surface area contributed by atoms with Gasteiger partial charge in [-0.1, -0.05) is 35.9 Å². The number of sulfonamides is 1. The first kappa shape index (κ1) is 15.8. The number of rotatable bonds is 4. The third kappa shape index (κ3) is 3.37. The summed E-state index contributed by atoms with van der Waals surface area (Å²) < 4.78 is 26.4. The van der Waals surface area contributed by atoms with Gasteiger partial charge in [-0.05, 0) is 36.2 Å². The van der Waals surface area contributed by atoms with Crippen molar-refractivity contribution in [1.82, 2.24) is 4.31 Å².